The lowest BCUT2D eigenvalue weighted by atomic mass is 9.85. The summed E-state index contributed by atoms with van der Waals surface area (Å²) in [5.41, 5.74) is -0.653. The maximum atomic E-state index is 14.2. The van der Waals surface area contributed by atoms with Crippen LogP contribution >= 0.6 is 0 Å². The molecule has 0 radical (unpaired) electrons. The zero-order chi connectivity index (χ0) is 33.8. The second-order valence-electron chi connectivity index (χ2n) is 13.7. The van der Waals surface area contributed by atoms with E-state index in [1.54, 1.807) is 23.2 Å². The number of rotatable bonds is 12. The molecule has 1 aliphatic heterocycles. The Hall–Kier alpha value is -4.68. The van der Waals surface area contributed by atoms with Gasteiger partial charge >= 0.3 is 12.1 Å². The third-order valence-electron chi connectivity index (χ3n) is 9.17. The van der Waals surface area contributed by atoms with Crippen molar-refractivity contribution in [3.63, 3.8) is 0 Å². The van der Waals surface area contributed by atoms with Crippen LogP contribution in [0.3, 0.4) is 0 Å². The first-order valence-corrected chi connectivity index (χ1v) is 16.1. The highest BCUT2D eigenvalue weighted by atomic mass is 16.6. The van der Waals surface area contributed by atoms with Crippen LogP contribution in [0.5, 0.6) is 0 Å². The number of amides is 3. The van der Waals surface area contributed by atoms with E-state index < -0.39 is 53.0 Å². The van der Waals surface area contributed by atoms with Crippen LogP contribution < -0.4 is 10.6 Å². The van der Waals surface area contributed by atoms with Crippen LogP contribution in [0, 0.1) is 11.3 Å². The molecule has 5 rings (SSSR count). The van der Waals surface area contributed by atoms with Crippen LogP contribution in [0.4, 0.5) is 4.79 Å². The average Bonchev–Trinajstić information content (AvgIpc) is 3.53. The van der Waals surface area contributed by atoms with Crippen LogP contribution in [0.15, 0.2) is 60.5 Å². The second-order valence-corrected chi connectivity index (χ2v) is 13.7. The molecule has 0 bridgehead atoms. The van der Waals surface area contributed by atoms with Crippen molar-refractivity contribution < 1.29 is 33.9 Å². The minimum absolute atomic E-state index is 0.00282. The lowest BCUT2D eigenvalue weighted by Gasteiger charge is -2.35. The molecule has 252 valence electrons. The summed E-state index contributed by atoms with van der Waals surface area (Å²) in [6.07, 6.45) is 9.37. The van der Waals surface area contributed by atoms with Gasteiger partial charge in [-0.05, 0) is 62.0 Å². The molecule has 5 atom stereocenters. The number of para-hydroxylation sites is 1. The lowest BCUT2D eigenvalue weighted by Crippen LogP contribution is -2.59. The minimum Gasteiger partial charge on any atom is -0.479 e. The van der Waals surface area contributed by atoms with Crippen LogP contribution in [0.1, 0.15) is 71.3 Å². The van der Waals surface area contributed by atoms with Gasteiger partial charge in [-0.2, -0.15) is 5.10 Å². The Kier molecular flexibility index (Phi) is 10.0. The standard InChI is InChI=1S/C34H44N6O7/c1-5-11-23-19-34(23,31(43)44)38-29(41)27-18-25(47-36-20-22-12-6-9-15-26(22)40-17-10-16-35-40)21-39(27)30(42)28(33(2,3)4)37-32(45)46-24-13-7-8-14-24/h5-6,9-10,12,15-17,20,23-25,27-28H,1,7-8,11,13-14,18-19,21H2,2-4H3,(H,37,45)(H,38,41)(H,43,44)/b36-20+/t23-,25-,27+,28-,34-/m1/s1. The van der Waals surface area contributed by atoms with Crippen molar-refractivity contribution in [2.75, 3.05) is 6.54 Å². The van der Waals surface area contributed by atoms with E-state index in [1.165, 1.54) is 4.90 Å². The summed E-state index contributed by atoms with van der Waals surface area (Å²) in [6, 6.07) is 7.20. The zero-order valence-corrected chi connectivity index (χ0v) is 27.1. The molecule has 3 fully saturated rings. The molecule has 3 amide bonds. The molecule has 1 aromatic heterocycles. The summed E-state index contributed by atoms with van der Waals surface area (Å²) < 4.78 is 7.29. The van der Waals surface area contributed by atoms with E-state index in [-0.39, 0.29) is 31.4 Å². The van der Waals surface area contributed by atoms with Crippen molar-refractivity contribution in [3.05, 3.63) is 60.9 Å². The first-order chi connectivity index (χ1) is 22.4. The average molecular weight is 649 g/mol. The van der Waals surface area contributed by atoms with Gasteiger partial charge in [-0.15, -0.1) is 6.58 Å². The molecule has 0 spiro atoms. The van der Waals surface area contributed by atoms with Gasteiger partial charge in [-0.3, -0.25) is 9.59 Å². The summed E-state index contributed by atoms with van der Waals surface area (Å²) in [4.78, 5) is 60.4. The molecule has 2 heterocycles. The van der Waals surface area contributed by atoms with Crippen LogP contribution in [-0.2, 0) is 24.0 Å². The van der Waals surface area contributed by atoms with Crippen molar-refractivity contribution in [1.82, 2.24) is 25.3 Å². The smallest absolute Gasteiger partial charge is 0.408 e. The number of oxime groups is 1. The SMILES string of the molecule is C=CC[C@@H]1C[C@]1(NC(=O)[C@@H]1C[C@@H](O/N=C/c2ccccc2-n2cccn2)CN1C(=O)[C@@H](NC(=O)OC1CCCC1)C(C)(C)C)C(=O)O. The van der Waals surface area contributed by atoms with Gasteiger partial charge in [-0.25, -0.2) is 14.3 Å². The fraction of sp³-hybridized carbons (Fsp3) is 0.529. The number of benzene rings is 1. The number of alkyl carbamates (subject to hydrolysis) is 1. The van der Waals surface area contributed by atoms with Gasteiger partial charge in [0.05, 0.1) is 18.4 Å². The quantitative estimate of drug-likeness (QED) is 0.178. The molecule has 13 nitrogen and oxygen atoms in total. The Morgan fingerprint density at radius 3 is 2.57 bits per heavy atom. The van der Waals surface area contributed by atoms with E-state index in [1.807, 2.05) is 57.3 Å². The number of aliphatic carboxylic acids is 1. The van der Waals surface area contributed by atoms with Crippen molar-refractivity contribution in [1.29, 1.82) is 0 Å². The predicted octanol–water partition coefficient (Wildman–Crippen LogP) is 3.81. The highest BCUT2D eigenvalue weighted by Crippen LogP contribution is 2.46. The van der Waals surface area contributed by atoms with Crippen molar-refractivity contribution in [3.8, 4) is 5.69 Å². The number of carboxylic acid groups (broad SMARTS) is 1. The van der Waals surface area contributed by atoms with Crippen molar-refractivity contribution in [2.24, 2.45) is 16.5 Å². The number of hydrogen-bond acceptors (Lipinski definition) is 8. The topological polar surface area (TPSA) is 164 Å². The summed E-state index contributed by atoms with van der Waals surface area (Å²) in [6.45, 7) is 9.14. The van der Waals surface area contributed by atoms with Gasteiger partial charge in [0.2, 0.25) is 11.8 Å². The van der Waals surface area contributed by atoms with E-state index in [9.17, 15) is 24.3 Å². The van der Waals surface area contributed by atoms with Gasteiger partial charge in [0.15, 0.2) is 0 Å². The highest BCUT2D eigenvalue weighted by molar-refractivity contribution is 5.96. The van der Waals surface area contributed by atoms with Crippen LogP contribution in [0.25, 0.3) is 5.69 Å². The van der Waals surface area contributed by atoms with Crippen LogP contribution in [0.2, 0.25) is 0 Å². The predicted molar refractivity (Wildman–Crippen MR) is 173 cm³/mol. The Bertz CT molecular complexity index is 1500. The Morgan fingerprint density at radius 1 is 1.17 bits per heavy atom. The molecule has 3 N–H and O–H groups in total. The highest BCUT2D eigenvalue weighted by Gasteiger charge is 2.62. The lowest BCUT2D eigenvalue weighted by molar-refractivity contribution is -0.146. The van der Waals surface area contributed by atoms with E-state index in [4.69, 9.17) is 9.57 Å². The molecule has 2 aromatic rings. The molecule has 47 heavy (non-hydrogen) atoms. The summed E-state index contributed by atoms with van der Waals surface area (Å²) >= 11 is 0. The minimum atomic E-state index is -1.43. The van der Waals surface area contributed by atoms with Gasteiger partial charge in [0, 0.05) is 24.4 Å². The molecule has 1 aromatic carbocycles. The number of hydrogen-bond donors (Lipinski definition) is 3. The Labute approximate surface area is 274 Å². The van der Waals surface area contributed by atoms with Gasteiger partial charge in [0.25, 0.3) is 0 Å². The number of aromatic nitrogens is 2. The summed E-state index contributed by atoms with van der Waals surface area (Å²) in [5, 5.41) is 24.0. The number of carboxylic acids is 1. The molecule has 2 aliphatic carbocycles. The first kappa shape index (κ1) is 33.7. The summed E-state index contributed by atoms with van der Waals surface area (Å²) in [7, 11) is 0. The number of nitrogens with one attached hydrogen (secondary N) is 2. The molecule has 0 unspecified atom stereocenters. The molecular formula is C34H44N6O7. The Balaban J connectivity index is 1.35. The maximum Gasteiger partial charge on any atom is 0.408 e. The van der Waals surface area contributed by atoms with Gasteiger partial charge in [-0.1, -0.05) is 50.2 Å². The number of ether oxygens (including phenoxy) is 1. The van der Waals surface area contributed by atoms with E-state index in [0.717, 1.165) is 36.9 Å². The van der Waals surface area contributed by atoms with E-state index >= 15 is 0 Å². The first-order valence-electron chi connectivity index (χ1n) is 16.1. The van der Waals surface area contributed by atoms with Gasteiger partial charge < -0.3 is 30.2 Å². The van der Waals surface area contributed by atoms with E-state index in [0.29, 0.717) is 6.42 Å². The fourth-order valence-corrected chi connectivity index (χ4v) is 6.47. The number of carbonyl (C=O) groups is 4. The number of allylic oxidation sites excluding steroid dienone is 1. The molecule has 3 aliphatic rings. The zero-order valence-electron chi connectivity index (χ0n) is 27.1. The van der Waals surface area contributed by atoms with Crippen LogP contribution in [-0.4, -0.2) is 86.3 Å². The van der Waals surface area contributed by atoms with Crippen molar-refractivity contribution in [2.45, 2.75) is 95.5 Å². The number of likely N-dealkylation sites (tertiary alicyclic amines) is 1. The largest absolute Gasteiger partial charge is 0.479 e. The molecule has 1 saturated heterocycles. The molecular weight excluding hydrogens is 604 g/mol. The third kappa shape index (κ3) is 7.66. The maximum absolute atomic E-state index is 14.2. The second kappa shape index (κ2) is 14.0. The van der Waals surface area contributed by atoms with E-state index in [2.05, 4.69) is 27.5 Å². The summed E-state index contributed by atoms with van der Waals surface area (Å²) in [5.74, 6) is -2.53. The van der Waals surface area contributed by atoms with Gasteiger partial charge in [0.1, 0.15) is 29.8 Å². The fourth-order valence-electron chi connectivity index (χ4n) is 6.47. The number of carbonyl (C=O) groups excluding carboxylic acids is 3. The van der Waals surface area contributed by atoms with Crippen molar-refractivity contribution >= 4 is 30.1 Å². The normalized spacial score (nSPS) is 24.9. The third-order valence-corrected chi connectivity index (χ3v) is 9.17. The molecule has 13 heteroatoms. The monoisotopic (exact) mass is 648 g/mol. The number of nitrogens with zero attached hydrogens (tertiary/aromatic N) is 4. The molecule has 2 saturated carbocycles. The Morgan fingerprint density at radius 2 is 1.91 bits per heavy atom.